The summed E-state index contributed by atoms with van der Waals surface area (Å²) in [6.07, 6.45) is 2.83. The van der Waals surface area contributed by atoms with Crippen molar-refractivity contribution in [2.45, 2.75) is 20.0 Å². The van der Waals surface area contributed by atoms with Crippen molar-refractivity contribution >= 4 is 56.5 Å². The van der Waals surface area contributed by atoms with E-state index in [1.165, 1.54) is 11.6 Å². The summed E-state index contributed by atoms with van der Waals surface area (Å²) in [5, 5.41) is 22.6. The topological polar surface area (TPSA) is 108 Å². The van der Waals surface area contributed by atoms with E-state index in [4.69, 9.17) is 23.2 Å². The van der Waals surface area contributed by atoms with Gasteiger partial charge in [-0.15, -0.1) is 0 Å². The first-order valence-electron chi connectivity index (χ1n) is 7.88. The van der Waals surface area contributed by atoms with E-state index in [9.17, 15) is 14.9 Å². The monoisotopic (exact) mass is 486 g/mol. The van der Waals surface area contributed by atoms with Crippen molar-refractivity contribution < 1.29 is 9.72 Å². The Morgan fingerprint density at radius 1 is 1.36 bits per heavy atom. The van der Waals surface area contributed by atoms with Crippen LogP contribution < -0.4 is 5.32 Å². The molecular weight excluding hydrogens is 475 g/mol. The van der Waals surface area contributed by atoms with Crippen molar-refractivity contribution in [1.29, 1.82) is 0 Å². The van der Waals surface area contributed by atoms with Gasteiger partial charge in [0.05, 0.1) is 26.0 Å². The molecule has 146 valence electrons. The Bertz CT molecular complexity index is 1060. The summed E-state index contributed by atoms with van der Waals surface area (Å²) in [4.78, 5) is 22.6. The molecule has 0 radical (unpaired) electrons. The van der Waals surface area contributed by atoms with Crippen LogP contribution >= 0.6 is 39.1 Å². The smallest absolute Gasteiger partial charge is 0.307 e. The molecule has 3 rings (SSSR count). The number of amides is 1. The molecule has 12 heteroatoms. The fourth-order valence-electron chi connectivity index (χ4n) is 2.47. The third-order valence-electron chi connectivity index (χ3n) is 3.87. The molecule has 0 atom stereocenters. The van der Waals surface area contributed by atoms with Crippen molar-refractivity contribution in [3.05, 3.63) is 66.5 Å². The summed E-state index contributed by atoms with van der Waals surface area (Å²) in [6.45, 7) is 1.78. The van der Waals surface area contributed by atoms with Gasteiger partial charge in [0, 0.05) is 6.20 Å². The number of halogens is 3. The first kappa shape index (κ1) is 20.3. The van der Waals surface area contributed by atoms with Gasteiger partial charge in [0.1, 0.15) is 18.4 Å². The van der Waals surface area contributed by atoms with Crippen LogP contribution in [0.5, 0.6) is 0 Å². The van der Waals surface area contributed by atoms with Crippen LogP contribution in [0.15, 0.2) is 35.1 Å². The van der Waals surface area contributed by atoms with Crippen molar-refractivity contribution in [2.24, 2.45) is 0 Å². The van der Waals surface area contributed by atoms with E-state index in [0.29, 0.717) is 32.6 Å². The molecule has 28 heavy (non-hydrogen) atoms. The van der Waals surface area contributed by atoms with Crippen molar-refractivity contribution in [3.8, 4) is 0 Å². The van der Waals surface area contributed by atoms with Gasteiger partial charge in [-0.05, 0) is 40.5 Å². The normalized spacial score (nSPS) is 10.9. The minimum atomic E-state index is -0.544. The van der Waals surface area contributed by atoms with E-state index in [-0.39, 0.29) is 12.2 Å². The van der Waals surface area contributed by atoms with E-state index in [2.05, 4.69) is 31.4 Å². The molecular formula is C16H13BrCl2N6O3. The van der Waals surface area contributed by atoms with Gasteiger partial charge in [-0.1, -0.05) is 29.3 Å². The summed E-state index contributed by atoms with van der Waals surface area (Å²) in [5.41, 5.74) is 1.05. The van der Waals surface area contributed by atoms with Crippen molar-refractivity contribution in [3.63, 3.8) is 0 Å². The number of rotatable bonds is 6. The molecule has 9 nitrogen and oxygen atoms in total. The molecule has 1 aromatic carbocycles. The number of carbonyl (C=O) groups excluding carboxylic acids is 1. The Balaban J connectivity index is 1.68. The lowest BCUT2D eigenvalue weighted by Gasteiger charge is -2.05. The highest BCUT2D eigenvalue weighted by atomic mass is 79.9. The number of nitro groups is 1. The molecule has 0 saturated heterocycles. The Hall–Kier alpha value is -2.43. The molecule has 1 amide bonds. The zero-order valence-corrected chi connectivity index (χ0v) is 17.5. The summed E-state index contributed by atoms with van der Waals surface area (Å²) in [7, 11) is 0. The number of carbonyl (C=O) groups is 1. The highest BCUT2D eigenvalue weighted by Gasteiger charge is 2.19. The number of hydrogen-bond donors (Lipinski definition) is 1. The molecule has 2 heterocycles. The zero-order chi connectivity index (χ0) is 20.4. The van der Waals surface area contributed by atoms with Gasteiger partial charge in [0.25, 0.3) is 0 Å². The number of anilines is 1. The van der Waals surface area contributed by atoms with Gasteiger partial charge in [-0.3, -0.25) is 24.3 Å². The first-order chi connectivity index (χ1) is 13.2. The molecule has 0 fully saturated rings. The fraction of sp³-hybridized carbons (Fsp3) is 0.188. The molecule has 2 aromatic heterocycles. The minimum absolute atomic E-state index is 0.139. The zero-order valence-electron chi connectivity index (χ0n) is 14.4. The van der Waals surface area contributed by atoms with E-state index in [0.717, 1.165) is 11.8 Å². The van der Waals surface area contributed by atoms with E-state index in [1.54, 1.807) is 23.0 Å². The summed E-state index contributed by atoms with van der Waals surface area (Å²) >= 11 is 15.3. The maximum absolute atomic E-state index is 12.3. The van der Waals surface area contributed by atoms with Crippen LogP contribution in [-0.4, -0.2) is 30.4 Å². The molecule has 0 aliphatic carbocycles. The molecule has 0 aliphatic heterocycles. The Labute approximate surface area is 177 Å². The second-order valence-electron chi connectivity index (χ2n) is 5.85. The van der Waals surface area contributed by atoms with Gasteiger partial charge >= 0.3 is 5.69 Å². The third kappa shape index (κ3) is 4.51. The Morgan fingerprint density at radius 3 is 2.75 bits per heavy atom. The Morgan fingerprint density at radius 2 is 2.11 bits per heavy atom. The third-order valence-corrected chi connectivity index (χ3v) is 5.19. The quantitative estimate of drug-likeness (QED) is 0.416. The number of hydrogen-bond acceptors (Lipinski definition) is 5. The van der Waals surface area contributed by atoms with Crippen LogP contribution in [0.3, 0.4) is 0 Å². The van der Waals surface area contributed by atoms with Gasteiger partial charge in [-0.2, -0.15) is 10.2 Å². The number of nitrogens with one attached hydrogen (secondary N) is 1. The van der Waals surface area contributed by atoms with Crippen molar-refractivity contribution in [1.82, 2.24) is 19.6 Å². The van der Waals surface area contributed by atoms with Gasteiger partial charge in [0.2, 0.25) is 5.91 Å². The van der Waals surface area contributed by atoms with E-state index in [1.807, 2.05) is 6.07 Å². The predicted octanol–water partition coefficient (Wildman–Crippen LogP) is 4.05. The van der Waals surface area contributed by atoms with Gasteiger partial charge < -0.3 is 5.32 Å². The maximum Gasteiger partial charge on any atom is 0.309 e. The molecule has 0 saturated carbocycles. The van der Waals surface area contributed by atoms with Crippen LogP contribution in [0, 0.1) is 17.0 Å². The summed E-state index contributed by atoms with van der Waals surface area (Å²) < 4.78 is 3.47. The fourth-order valence-corrected chi connectivity index (χ4v) is 3.21. The van der Waals surface area contributed by atoms with Crippen LogP contribution in [0.4, 0.5) is 11.5 Å². The predicted molar refractivity (Wildman–Crippen MR) is 108 cm³/mol. The molecule has 1 N–H and O–H groups in total. The van der Waals surface area contributed by atoms with E-state index < -0.39 is 10.8 Å². The molecule has 0 bridgehead atoms. The highest BCUT2D eigenvalue weighted by molar-refractivity contribution is 9.10. The lowest BCUT2D eigenvalue weighted by molar-refractivity contribution is -0.385. The second kappa shape index (κ2) is 8.29. The first-order valence-corrected chi connectivity index (χ1v) is 9.43. The molecule has 0 unspecified atom stereocenters. The summed E-state index contributed by atoms with van der Waals surface area (Å²) in [5.74, 6) is -0.0917. The van der Waals surface area contributed by atoms with Crippen LogP contribution in [0.25, 0.3) is 0 Å². The SMILES string of the molecule is Cc1c([N+](=O)[O-])cnn1CC(=O)Nc1nn(Cc2ccc(Cl)c(Cl)c2)cc1Br. The number of aromatic nitrogens is 4. The van der Waals surface area contributed by atoms with Gasteiger partial charge in [0.15, 0.2) is 5.82 Å². The second-order valence-corrected chi connectivity index (χ2v) is 7.52. The maximum atomic E-state index is 12.3. The number of nitrogens with zero attached hydrogens (tertiary/aromatic N) is 5. The van der Waals surface area contributed by atoms with E-state index >= 15 is 0 Å². The summed E-state index contributed by atoms with van der Waals surface area (Å²) in [6, 6.07) is 5.27. The highest BCUT2D eigenvalue weighted by Crippen LogP contribution is 2.25. The average Bonchev–Trinajstić information content (AvgIpc) is 3.14. The molecule has 0 aliphatic rings. The molecule has 0 spiro atoms. The minimum Gasteiger partial charge on any atom is -0.307 e. The largest absolute Gasteiger partial charge is 0.309 e. The average molecular weight is 488 g/mol. The lowest BCUT2D eigenvalue weighted by Crippen LogP contribution is -2.21. The van der Waals surface area contributed by atoms with Gasteiger partial charge in [-0.25, -0.2) is 0 Å². The standard InChI is InChI=1S/C16H13BrCl2N6O3/c1-9-14(25(27)28)5-20-24(9)8-15(26)21-16-11(17)7-23(22-16)6-10-2-3-12(18)13(19)4-10/h2-5,7H,6,8H2,1H3,(H,21,22,26). The van der Waals surface area contributed by atoms with Crippen LogP contribution in [0.2, 0.25) is 10.0 Å². The van der Waals surface area contributed by atoms with Crippen LogP contribution in [0.1, 0.15) is 11.3 Å². The van der Waals surface area contributed by atoms with Crippen molar-refractivity contribution in [2.75, 3.05) is 5.32 Å². The molecule has 3 aromatic rings. The lowest BCUT2D eigenvalue weighted by atomic mass is 10.2. The number of benzene rings is 1. The Kier molecular flexibility index (Phi) is 6.01. The van der Waals surface area contributed by atoms with Crippen LogP contribution in [-0.2, 0) is 17.9 Å².